The fourth-order valence-electron chi connectivity index (χ4n) is 2.07. The minimum Gasteiger partial charge on any atom is -0.326 e. The average Bonchev–Trinajstić information content (AvgIpc) is 2.27. The Labute approximate surface area is 93.1 Å². The van der Waals surface area contributed by atoms with Crippen molar-refractivity contribution in [1.82, 2.24) is 4.90 Å². The van der Waals surface area contributed by atoms with E-state index in [0.717, 1.165) is 12.5 Å². The fraction of sp³-hybridized carbons (Fsp3) is 1.00. The van der Waals surface area contributed by atoms with Gasteiger partial charge in [-0.1, -0.05) is 6.42 Å². The van der Waals surface area contributed by atoms with E-state index in [1.807, 2.05) is 0 Å². The van der Waals surface area contributed by atoms with Crippen LogP contribution in [0.2, 0.25) is 0 Å². The lowest BCUT2D eigenvalue weighted by Gasteiger charge is -2.29. The van der Waals surface area contributed by atoms with Crippen LogP contribution in [-0.2, 0) is 0 Å². The van der Waals surface area contributed by atoms with Crippen LogP contribution in [0.15, 0.2) is 0 Å². The molecule has 0 aromatic carbocycles. The Morgan fingerprint density at radius 2 is 1.85 bits per heavy atom. The first-order valence-corrected chi connectivity index (χ1v) is 4.82. The van der Waals surface area contributed by atoms with E-state index in [0.29, 0.717) is 6.04 Å². The third kappa shape index (κ3) is 3.62. The molecule has 13 heavy (non-hydrogen) atoms. The van der Waals surface area contributed by atoms with E-state index in [1.54, 1.807) is 0 Å². The van der Waals surface area contributed by atoms with E-state index in [1.165, 1.54) is 38.8 Å². The molecule has 0 bridgehead atoms. The molecule has 1 heterocycles. The van der Waals surface area contributed by atoms with Gasteiger partial charge in [-0.3, -0.25) is 0 Å². The van der Waals surface area contributed by atoms with Gasteiger partial charge >= 0.3 is 0 Å². The predicted molar refractivity (Wildman–Crippen MR) is 60.9 cm³/mol. The first-order valence-electron chi connectivity index (χ1n) is 4.82. The first-order chi connectivity index (χ1) is 5.34. The summed E-state index contributed by atoms with van der Waals surface area (Å²) in [7, 11) is 0. The monoisotopic (exact) mass is 226 g/mol. The molecular formula is C9H20Cl2N2. The highest BCUT2D eigenvalue weighted by atomic mass is 35.5. The molecule has 0 unspecified atom stereocenters. The molecule has 0 amide bonds. The second kappa shape index (κ2) is 6.07. The lowest BCUT2D eigenvalue weighted by molar-refractivity contribution is 0.204. The van der Waals surface area contributed by atoms with Crippen LogP contribution in [0.4, 0.5) is 0 Å². The Morgan fingerprint density at radius 3 is 2.23 bits per heavy atom. The van der Waals surface area contributed by atoms with Crippen molar-refractivity contribution in [1.29, 1.82) is 0 Å². The van der Waals surface area contributed by atoms with Crippen LogP contribution in [0, 0.1) is 5.92 Å². The normalized spacial score (nSPS) is 28.8. The maximum Gasteiger partial charge on any atom is 0.0180 e. The predicted octanol–water partition coefficient (Wildman–Crippen LogP) is 1.66. The van der Waals surface area contributed by atoms with Crippen LogP contribution >= 0.6 is 24.8 Å². The van der Waals surface area contributed by atoms with Gasteiger partial charge in [0.05, 0.1) is 0 Å². The molecule has 0 aromatic rings. The molecule has 2 rings (SSSR count). The number of rotatable bonds is 2. The van der Waals surface area contributed by atoms with Gasteiger partial charge in [0, 0.05) is 19.1 Å². The number of nitrogens with zero attached hydrogens (tertiary/aromatic N) is 1. The summed E-state index contributed by atoms with van der Waals surface area (Å²) in [6.45, 7) is 3.72. The molecular weight excluding hydrogens is 207 g/mol. The van der Waals surface area contributed by atoms with Crippen LogP contribution in [0.1, 0.15) is 25.7 Å². The SMILES string of the molecule is Cl.Cl.N[C@@H]1CCN(CC2CCC2)C1. The summed E-state index contributed by atoms with van der Waals surface area (Å²) < 4.78 is 0. The van der Waals surface area contributed by atoms with Crippen molar-refractivity contribution in [2.75, 3.05) is 19.6 Å². The van der Waals surface area contributed by atoms with E-state index >= 15 is 0 Å². The summed E-state index contributed by atoms with van der Waals surface area (Å²) in [4.78, 5) is 2.54. The summed E-state index contributed by atoms with van der Waals surface area (Å²) in [6, 6.07) is 0.468. The summed E-state index contributed by atoms with van der Waals surface area (Å²) in [6.07, 6.45) is 5.61. The molecule has 1 atom stereocenters. The zero-order chi connectivity index (χ0) is 7.68. The van der Waals surface area contributed by atoms with Gasteiger partial charge in [-0.05, 0) is 31.7 Å². The molecule has 4 heteroatoms. The molecule has 1 saturated carbocycles. The fourth-order valence-corrected chi connectivity index (χ4v) is 2.07. The van der Waals surface area contributed by atoms with Crippen molar-refractivity contribution < 1.29 is 0 Å². The summed E-state index contributed by atoms with van der Waals surface area (Å²) in [5.74, 6) is 1.01. The zero-order valence-corrected chi connectivity index (χ0v) is 9.58. The molecule has 1 saturated heterocycles. The lowest BCUT2D eigenvalue weighted by atomic mass is 9.85. The Balaban J connectivity index is 0.000000720. The second-order valence-corrected chi connectivity index (χ2v) is 4.11. The molecule has 0 radical (unpaired) electrons. The van der Waals surface area contributed by atoms with Gasteiger partial charge < -0.3 is 10.6 Å². The van der Waals surface area contributed by atoms with Gasteiger partial charge in [0.1, 0.15) is 0 Å². The molecule has 2 aliphatic rings. The third-order valence-corrected chi connectivity index (χ3v) is 3.05. The molecule has 2 fully saturated rings. The average molecular weight is 227 g/mol. The topological polar surface area (TPSA) is 29.3 Å². The van der Waals surface area contributed by atoms with Gasteiger partial charge in [-0.25, -0.2) is 0 Å². The maximum atomic E-state index is 5.82. The molecule has 0 spiro atoms. The largest absolute Gasteiger partial charge is 0.326 e. The van der Waals surface area contributed by atoms with Gasteiger partial charge in [0.25, 0.3) is 0 Å². The second-order valence-electron chi connectivity index (χ2n) is 4.11. The summed E-state index contributed by atoms with van der Waals surface area (Å²) in [5.41, 5.74) is 5.82. The van der Waals surface area contributed by atoms with Gasteiger partial charge in [-0.2, -0.15) is 0 Å². The molecule has 2 nitrogen and oxygen atoms in total. The van der Waals surface area contributed by atoms with Crippen LogP contribution in [0.5, 0.6) is 0 Å². The Hall–Kier alpha value is 0.500. The highest BCUT2D eigenvalue weighted by molar-refractivity contribution is 5.85. The van der Waals surface area contributed by atoms with E-state index < -0.39 is 0 Å². The Bertz CT molecular complexity index is 140. The number of halogens is 2. The smallest absolute Gasteiger partial charge is 0.0180 e. The minimum atomic E-state index is 0. The standard InChI is InChI=1S/C9H18N2.2ClH/c10-9-4-5-11(7-9)6-8-2-1-3-8;;/h8-9H,1-7,10H2;2*1H/t9-;;/m1../s1. The molecule has 0 aromatic heterocycles. The number of likely N-dealkylation sites (tertiary alicyclic amines) is 1. The van der Waals surface area contributed by atoms with E-state index in [4.69, 9.17) is 5.73 Å². The van der Waals surface area contributed by atoms with Gasteiger partial charge in [0.15, 0.2) is 0 Å². The molecule has 1 aliphatic carbocycles. The van der Waals surface area contributed by atoms with Crippen molar-refractivity contribution in [3.63, 3.8) is 0 Å². The lowest BCUT2D eigenvalue weighted by Crippen LogP contribution is -2.33. The van der Waals surface area contributed by atoms with E-state index in [-0.39, 0.29) is 24.8 Å². The van der Waals surface area contributed by atoms with Crippen LogP contribution in [-0.4, -0.2) is 30.6 Å². The Morgan fingerprint density at radius 1 is 1.15 bits per heavy atom. The number of nitrogens with two attached hydrogens (primary N) is 1. The highest BCUT2D eigenvalue weighted by Gasteiger charge is 2.24. The number of hydrogen-bond acceptors (Lipinski definition) is 2. The van der Waals surface area contributed by atoms with Crippen molar-refractivity contribution in [3.05, 3.63) is 0 Å². The first kappa shape index (κ1) is 13.5. The quantitative estimate of drug-likeness (QED) is 0.777. The van der Waals surface area contributed by atoms with Crippen molar-refractivity contribution in [3.8, 4) is 0 Å². The van der Waals surface area contributed by atoms with Gasteiger partial charge in [0.2, 0.25) is 0 Å². The van der Waals surface area contributed by atoms with Crippen molar-refractivity contribution >= 4 is 24.8 Å². The molecule has 2 N–H and O–H groups in total. The minimum absolute atomic E-state index is 0. The molecule has 1 aliphatic heterocycles. The van der Waals surface area contributed by atoms with Gasteiger partial charge in [-0.15, -0.1) is 24.8 Å². The van der Waals surface area contributed by atoms with E-state index in [2.05, 4.69) is 4.90 Å². The highest BCUT2D eigenvalue weighted by Crippen LogP contribution is 2.27. The molecule has 80 valence electrons. The Kier molecular flexibility index (Phi) is 6.31. The number of hydrogen-bond donors (Lipinski definition) is 1. The van der Waals surface area contributed by atoms with Crippen LogP contribution in [0.3, 0.4) is 0 Å². The summed E-state index contributed by atoms with van der Waals surface area (Å²) in [5, 5.41) is 0. The zero-order valence-electron chi connectivity index (χ0n) is 7.95. The van der Waals surface area contributed by atoms with Crippen molar-refractivity contribution in [2.24, 2.45) is 11.7 Å². The van der Waals surface area contributed by atoms with Crippen LogP contribution < -0.4 is 5.73 Å². The van der Waals surface area contributed by atoms with Crippen LogP contribution in [0.25, 0.3) is 0 Å². The van der Waals surface area contributed by atoms with Crippen molar-refractivity contribution in [2.45, 2.75) is 31.7 Å². The summed E-state index contributed by atoms with van der Waals surface area (Å²) >= 11 is 0. The van der Waals surface area contributed by atoms with E-state index in [9.17, 15) is 0 Å². The maximum absolute atomic E-state index is 5.82. The third-order valence-electron chi connectivity index (χ3n) is 3.05.